The summed E-state index contributed by atoms with van der Waals surface area (Å²) in [5.41, 5.74) is 3.47. The minimum Gasteiger partial charge on any atom is -0.488 e. The predicted molar refractivity (Wildman–Crippen MR) is 178 cm³/mol. The lowest BCUT2D eigenvalue weighted by Gasteiger charge is -2.43. The Bertz CT molecular complexity index is 1740. The molecule has 4 heterocycles. The molecule has 2 fully saturated rings. The molecule has 0 radical (unpaired) electrons. The molecule has 7 rings (SSSR count). The van der Waals surface area contributed by atoms with Crippen molar-refractivity contribution in [3.63, 3.8) is 0 Å². The molecular formula is C35H37BrN4O6S. The predicted octanol–water partition coefficient (Wildman–Crippen LogP) is 5.48. The second kappa shape index (κ2) is 13.0. The molecule has 10 nitrogen and oxygen atoms in total. The SMILES string of the molecule is Cc1ncc(C(=O)N2CCC(Oc3ccc(Br)c4c3[C@@H](CN3Cc5ccccc5C3=O)N(C(=O)C3CCCCC3C(=O)O)CC4)C2)s1. The number of thiazole rings is 1. The second-order valence-electron chi connectivity index (χ2n) is 12.9. The molecule has 3 unspecified atom stereocenters. The minimum absolute atomic E-state index is 0.0539. The lowest BCUT2D eigenvalue weighted by molar-refractivity contribution is -0.153. The van der Waals surface area contributed by atoms with Crippen LogP contribution in [0.2, 0.25) is 0 Å². The standard InChI is InChI=1S/C35H37BrN4O6S/c1-20-37-16-30(47-20)34(43)38-14-12-22(18-38)46-29-11-10-27(36)26-13-15-40(33(42)24-8-4-5-9-25(24)35(44)45)28(31(26)29)19-39-17-21-6-2-3-7-23(21)32(39)41/h2-3,6-7,10-11,16,22,24-25,28H,4-5,8-9,12-15,17-19H2,1H3,(H,44,45)/t22?,24?,25?,28-/m1/s1. The second-order valence-corrected chi connectivity index (χ2v) is 15.0. The normalized spacial score (nSPS) is 23.9. The number of hydrogen-bond donors (Lipinski definition) is 1. The molecule has 3 amide bonds. The first kappa shape index (κ1) is 31.8. The first-order valence-corrected chi connectivity index (χ1v) is 17.9. The number of aryl methyl sites for hydroxylation is 1. The molecule has 1 saturated heterocycles. The number of carbonyl (C=O) groups is 4. The van der Waals surface area contributed by atoms with Crippen molar-refractivity contribution < 1.29 is 29.0 Å². The fraction of sp³-hybridized carbons (Fsp3) is 0.457. The Hall–Kier alpha value is -3.77. The minimum atomic E-state index is -0.928. The van der Waals surface area contributed by atoms with E-state index < -0.39 is 23.8 Å². The number of aromatic nitrogens is 1. The van der Waals surface area contributed by atoms with E-state index in [1.807, 2.05) is 48.2 Å². The van der Waals surface area contributed by atoms with Crippen molar-refractivity contribution in [1.29, 1.82) is 0 Å². The number of aliphatic carboxylic acids is 1. The van der Waals surface area contributed by atoms with Gasteiger partial charge in [0.15, 0.2) is 0 Å². The summed E-state index contributed by atoms with van der Waals surface area (Å²) < 4.78 is 7.60. The van der Waals surface area contributed by atoms with Gasteiger partial charge in [0.2, 0.25) is 5.91 Å². The molecule has 4 aliphatic rings. The zero-order valence-corrected chi connectivity index (χ0v) is 28.6. The van der Waals surface area contributed by atoms with Crippen LogP contribution >= 0.6 is 27.3 Å². The maximum absolute atomic E-state index is 14.4. The third-order valence-corrected chi connectivity index (χ3v) is 11.7. The topological polar surface area (TPSA) is 120 Å². The Labute approximate surface area is 285 Å². The molecule has 246 valence electrons. The highest BCUT2D eigenvalue weighted by Crippen LogP contribution is 2.44. The number of carboxylic acids is 1. The van der Waals surface area contributed by atoms with E-state index in [-0.39, 0.29) is 30.4 Å². The van der Waals surface area contributed by atoms with Crippen LogP contribution in [0, 0.1) is 18.8 Å². The van der Waals surface area contributed by atoms with Gasteiger partial charge in [-0.05, 0) is 55.5 Å². The van der Waals surface area contributed by atoms with E-state index in [1.165, 1.54) is 11.3 Å². The highest BCUT2D eigenvalue weighted by molar-refractivity contribution is 9.10. The summed E-state index contributed by atoms with van der Waals surface area (Å²) in [5, 5.41) is 10.9. The summed E-state index contributed by atoms with van der Waals surface area (Å²) in [6, 6.07) is 10.9. The first-order valence-electron chi connectivity index (χ1n) is 16.3. The van der Waals surface area contributed by atoms with Crippen molar-refractivity contribution in [2.75, 3.05) is 26.2 Å². The Morgan fingerprint density at radius 3 is 2.60 bits per heavy atom. The average Bonchev–Trinajstić information content (AvgIpc) is 3.81. The quantitative estimate of drug-likeness (QED) is 0.343. The van der Waals surface area contributed by atoms with Crippen LogP contribution in [-0.2, 0) is 22.6 Å². The monoisotopic (exact) mass is 720 g/mol. The maximum Gasteiger partial charge on any atom is 0.307 e. The molecule has 4 atom stereocenters. The van der Waals surface area contributed by atoms with Crippen LogP contribution in [0.25, 0.3) is 0 Å². The van der Waals surface area contributed by atoms with E-state index in [0.29, 0.717) is 68.1 Å². The largest absolute Gasteiger partial charge is 0.488 e. The van der Waals surface area contributed by atoms with E-state index in [4.69, 9.17) is 4.74 Å². The van der Waals surface area contributed by atoms with Gasteiger partial charge < -0.3 is 24.5 Å². The third-order valence-electron chi connectivity index (χ3n) is 10.1. The van der Waals surface area contributed by atoms with Crippen molar-refractivity contribution in [3.05, 3.63) is 79.2 Å². The molecule has 1 N–H and O–H groups in total. The zero-order valence-electron chi connectivity index (χ0n) is 26.2. The van der Waals surface area contributed by atoms with Crippen LogP contribution in [0.5, 0.6) is 5.75 Å². The number of nitrogens with zero attached hydrogens (tertiary/aromatic N) is 4. The van der Waals surface area contributed by atoms with Gasteiger partial charge in [-0.2, -0.15) is 0 Å². The number of amides is 3. The smallest absolute Gasteiger partial charge is 0.307 e. The van der Waals surface area contributed by atoms with E-state index in [0.717, 1.165) is 39.0 Å². The summed E-state index contributed by atoms with van der Waals surface area (Å²) >= 11 is 5.13. The van der Waals surface area contributed by atoms with Crippen molar-refractivity contribution in [3.8, 4) is 5.75 Å². The van der Waals surface area contributed by atoms with Crippen LogP contribution in [0.3, 0.4) is 0 Å². The average molecular weight is 722 g/mol. The number of hydrogen-bond acceptors (Lipinski definition) is 7. The molecule has 0 bridgehead atoms. The number of likely N-dealkylation sites (tertiary alicyclic amines) is 1. The third kappa shape index (κ3) is 6.06. The van der Waals surface area contributed by atoms with Crippen molar-refractivity contribution in [2.24, 2.45) is 11.8 Å². The molecular weight excluding hydrogens is 684 g/mol. The summed E-state index contributed by atoms with van der Waals surface area (Å²) in [6.45, 7) is 3.97. The van der Waals surface area contributed by atoms with E-state index in [9.17, 15) is 24.3 Å². The molecule has 3 aliphatic heterocycles. The molecule has 2 aromatic carbocycles. The van der Waals surface area contributed by atoms with Crippen LogP contribution < -0.4 is 4.74 Å². The Morgan fingerprint density at radius 1 is 1.06 bits per heavy atom. The lowest BCUT2D eigenvalue weighted by Crippen LogP contribution is -2.50. The highest BCUT2D eigenvalue weighted by Gasteiger charge is 2.44. The number of benzene rings is 2. The number of rotatable bonds is 7. The van der Waals surface area contributed by atoms with Crippen LogP contribution in [-0.4, -0.2) is 80.8 Å². The van der Waals surface area contributed by atoms with Crippen molar-refractivity contribution in [1.82, 2.24) is 19.7 Å². The van der Waals surface area contributed by atoms with Gasteiger partial charge in [-0.15, -0.1) is 11.3 Å². The Balaban J connectivity index is 1.21. The molecule has 1 aliphatic carbocycles. The molecule has 3 aromatic rings. The van der Waals surface area contributed by atoms with Gasteiger partial charge in [0, 0.05) is 48.2 Å². The van der Waals surface area contributed by atoms with Gasteiger partial charge in [0.05, 0.1) is 35.6 Å². The fourth-order valence-electron chi connectivity index (χ4n) is 7.75. The Kier molecular flexibility index (Phi) is 8.82. The van der Waals surface area contributed by atoms with E-state index in [1.54, 1.807) is 16.0 Å². The summed E-state index contributed by atoms with van der Waals surface area (Å²) in [4.78, 5) is 63.7. The number of fused-ring (bicyclic) bond motifs is 2. The highest BCUT2D eigenvalue weighted by atomic mass is 79.9. The number of carboxylic acid groups (broad SMARTS) is 1. The number of carbonyl (C=O) groups excluding carboxylic acids is 3. The Morgan fingerprint density at radius 2 is 1.85 bits per heavy atom. The lowest BCUT2D eigenvalue weighted by atomic mass is 9.77. The molecule has 0 spiro atoms. The van der Waals surface area contributed by atoms with Gasteiger partial charge in [-0.25, -0.2) is 4.98 Å². The summed E-state index contributed by atoms with van der Waals surface area (Å²) in [7, 11) is 0. The van der Waals surface area contributed by atoms with Crippen LogP contribution in [0.15, 0.2) is 47.1 Å². The number of halogens is 1. The molecule has 1 aromatic heterocycles. The van der Waals surface area contributed by atoms with Crippen LogP contribution in [0.1, 0.15) is 79.9 Å². The van der Waals surface area contributed by atoms with Gasteiger partial charge in [0.1, 0.15) is 16.7 Å². The number of ether oxygens (including phenoxy) is 1. The van der Waals surface area contributed by atoms with Crippen molar-refractivity contribution in [2.45, 2.75) is 64.1 Å². The van der Waals surface area contributed by atoms with E-state index >= 15 is 0 Å². The van der Waals surface area contributed by atoms with Gasteiger partial charge in [0.25, 0.3) is 11.8 Å². The first-order chi connectivity index (χ1) is 22.7. The van der Waals surface area contributed by atoms with Crippen LogP contribution in [0.4, 0.5) is 0 Å². The molecule has 1 saturated carbocycles. The summed E-state index contributed by atoms with van der Waals surface area (Å²) in [5.74, 6) is -1.94. The van der Waals surface area contributed by atoms with Gasteiger partial charge >= 0.3 is 5.97 Å². The fourth-order valence-corrected chi connectivity index (χ4v) is 9.04. The van der Waals surface area contributed by atoms with E-state index in [2.05, 4.69) is 20.9 Å². The maximum atomic E-state index is 14.4. The van der Waals surface area contributed by atoms with Gasteiger partial charge in [-0.3, -0.25) is 19.2 Å². The molecule has 47 heavy (non-hydrogen) atoms. The zero-order chi connectivity index (χ0) is 32.8. The molecule has 12 heteroatoms. The van der Waals surface area contributed by atoms with Gasteiger partial charge in [-0.1, -0.05) is 47.0 Å². The summed E-state index contributed by atoms with van der Waals surface area (Å²) in [6.07, 6.45) is 5.22. The van der Waals surface area contributed by atoms with Crippen molar-refractivity contribution >= 4 is 51.0 Å².